The van der Waals surface area contributed by atoms with E-state index in [1.807, 2.05) is 18.5 Å². The summed E-state index contributed by atoms with van der Waals surface area (Å²) in [5, 5.41) is 8.01. The minimum Gasteiger partial charge on any atom is -0.310 e. The Labute approximate surface area is 124 Å². The summed E-state index contributed by atoms with van der Waals surface area (Å²) in [6.45, 7) is 6.80. The summed E-state index contributed by atoms with van der Waals surface area (Å²) in [4.78, 5) is 4.28. The molecule has 3 rings (SSSR count). The van der Waals surface area contributed by atoms with E-state index in [4.69, 9.17) is 0 Å². The Kier molecular flexibility index (Phi) is 3.76. The third-order valence-electron chi connectivity index (χ3n) is 4.06. The summed E-state index contributed by atoms with van der Waals surface area (Å²) in [5.74, 6) is 0.424. The predicted octanol–water partition coefficient (Wildman–Crippen LogP) is 2.84. The molecule has 1 saturated carbocycles. The van der Waals surface area contributed by atoms with E-state index in [0.29, 0.717) is 12.6 Å². The van der Waals surface area contributed by atoms with Crippen molar-refractivity contribution in [2.45, 2.75) is 52.6 Å². The van der Waals surface area contributed by atoms with E-state index in [1.165, 1.54) is 24.6 Å². The van der Waals surface area contributed by atoms with E-state index in [-0.39, 0.29) is 5.82 Å². The van der Waals surface area contributed by atoms with Crippen molar-refractivity contribution >= 4 is 0 Å². The standard InChI is InChI=1S/C16H21FN4/c1-4-15-10(2)20-21(11(15)3)16-12(7-13(17)9-19-16)8-18-14-5-6-14/h7,9,14,18H,4-6,8H2,1-3H3. The van der Waals surface area contributed by atoms with Gasteiger partial charge in [0.25, 0.3) is 0 Å². The van der Waals surface area contributed by atoms with Gasteiger partial charge in [-0.2, -0.15) is 5.10 Å². The van der Waals surface area contributed by atoms with Gasteiger partial charge in [0.05, 0.1) is 11.9 Å². The normalized spacial score (nSPS) is 14.7. The number of nitrogens with zero attached hydrogens (tertiary/aromatic N) is 3. The maximum atomic E-state index is 13.5. The van der Waals surface area contributed by atoms with E-state index < -0.39 is 0 Å². The monoisotopic (exact) mass is 288 g/mol. The summed E-state index contributed by atoms with van der Waals surface area (Å²) >= 11 is 0. The predicted molar refractivity (Wildman–Crippen MR) is 80.0 cm³/mol. The van der Waals surface area contributed by atoms with Crippen LogP contribution in [0.25, 0.3) is 5.82 Å². The van der Waals surface area contributed by atoms with Gasteiger partial charge in [0.2, 0.25) is 0 Å². The first kappa shape index (κ1) is 14.2. The largest absolute Gasteiger partial charge is 0.310 e. The summed E-state index contributed by atoms with van der Waals surface area (Å²) in [6, 6.07) is 2.13. The van der Waals surface area contributed by atoms with Crippen LogP contribution in [0.15, 0.2) is 12.3 Å². The highest BCUT2D eigenvalue weighted by Crippen LogP contribution is 2.23. The molecule has 0 spiro atoms. The van der Waals surface area contributed by atoms with Crippen LogP contribution >= 0.6 is 0 Å². The first-order valence-electron chi connectivity index (χ1n) is 7.53. The fourth-order valence-corrected chi connectivity index (χ4v) is 2.73. The van der Waals surface area contributed by atoms with Crippen molar-refractivity contribution in [2.24, 2.45) is 0 Å². The highest BCUT2D eigenvalue weighted by Gasteiger charge is 2.22. The van der Waals surface area contributed by atoms with Gasteiger partial charge in [-0.05, 0) is 44.7 Å². The van der Waals surface area contributed by atoms with Gasteiger partial charge in [0.15, 0.2) is 5.82 Å². The highest BCUT2D eigenvalue weighted by molar-refractivity contribution is 5.38. The van der Waals surface area contributed by atoms with Crippen LogP contribution in [0.4, 0.5) is 4.39 Å². The van der Waals surface area contributed by atoms with Crippen LogP contribution in [0.2, 0.25) is 0 Å². The van der Waals surface area contributed by atoms with Crippen molar-refractivity contribution in [3.8, 4) is 5.82 Å². The SMILES string of the molecule is CCc1c(C)nn(-c2ncc(F)cc2CNC2CC2)c1C. The lowest BCUT2D eigenvalue weighted by Gasteiger charge is -2.11. The molecule has 2 aromatic rings. The lowest BCUT2D eigenvalue weighted by atomic mass is 10.1. The van der Waals surface area contributed by atoms with Crippen molar-refractivity contribution in [3.05, 3.63) is 40.6 Å². The Balaban J connectivity index is 2.00. The third-order valence-corrected chi connectivity index (χ3v) is 4.06. The molecule has 5 heteroatoms. The second-order valence-corrected chi connectivity index (χ2v) is 5.71. The fraction of sp³-hybridized carbons (Fsp3) is 0.500. The van der Waals surface area contributed by atoms with Gasteiger partial charge >= 0.3 is 0 Å². The second kappa shape index (κ2) is 5.56. The molecule has 4 nitrogen and oxygen atoms in total. The zero-order chi connectivity index (χ0) is 15.0. The van der Waals surface area contributed by atoms with Crippen LogP contribution in [-0.2, 0) is 13.0 Å². The highest BCUT2D eigenvalue weighted by atomic mass is 19.1. The van der Waals surface area contributed by atoms with Crippen molar-refractivity contribution < 1.29 is 4.39 Å². The summed E-state index contributed by atoms with van der Waals surface area (Å²) in [7, 11) is 0. The molecule has 0 unspecified atom stereocenters. The van der Waals surface area contributed by atoms with Gasteiger partial charge < -0.3 is 5.32 Å². The van der Waals surface area contributed by atoms with E-state index >= 15 is 0 Å². The number of rotatable bonds is 5. The molecule has 1 N–H and O–H groups in total. The van der Waals surface area contributed by atoms with Crippen molar-refractivity contribution in [2.75, 3.05) is 0 Å². The Hall–Kier alpha value is -1.75. The lowest BCUT2D eigenvalue weighted by molar-refractivity contribution is 0.606. The molecule has 1 aliphatic carbocycles. The van der Waals surface area contributed by atoms with Gasteiger partial charge in [-0.25, -0.2) is 14.1 Å². The first-order valence-corrected chi connectivity index (χ1v) is 7.53. The number of pyridine rings is 1. The summed E-state index contributed by atoms with van der Waals surface area (Å²) in [6.07, 6.45) is 4.61. The van der Waals surface area contributed by atoms with E-state index in [9.17, 15) is 4.39 Å². The molecule has 2 aromatic heterocycles. The number of aryl methyl sites for hydroxylation is 1. The molecule has 112 valence electrons. The van der Waals surface area contributed by atoms with Crippen LogP contribution in [0, 0.1) is 19.7 Å². The van der Waals surface area contributed by atoms with Crippen LogP contribution in [-0.4, -0.2) is 20.8 Å². The van der Waals surface area contributed by atoms with Gasteiger partial charge in [-0.15, -0.1) is 0 Å². The summed E-state index contributed by atoms with van der Waals surface area (Å²) < 4.78 is 15.4. The Bertz CT molecular complexity index is 659. The van der Waals surface area contributed by atoms with Gasteiger partial charge in [0.1, 0.15) is 5.82 Å². The van der Waals surface area contributed by atoms with Crippen LogP contribution in [0.5, 0.6) is 0 Å². The molecule has 0 amide bonds. The average Bonchev–Trinajstić information content (AvgIpc) is 3.23. The molecular formula is C16H21FN4. The number of hydrogen-bond acceptors (Lipinski definition) is 3. The van der Waals surface area contributed by atoms with E-state index in [2.05, 4.69) is 22.3 Å². The first-order chi connectivity index (χ1) is 10.1. The van der Waals surface area contributed by atoms with Crippen LogP contribution in [0.3, 0.4) is 0 Å². The second-order valence-electron chi connectivity index (χ2n) is 5.71. The number of nitrogens with one attached hydrogen (secondary N) is 1. The Morgan fingerprint density at radius 3 is 2.76 bits per heavy atom. The van der Waals surface area contributed by atoms with E-state index in [1.54, 1.807) is 6.07 Å². The molecule has 0 aromatic carbocycles. The molecule has 1 aliphatic rings. The number of halogens is 1. The van der Waals surface area contributed by atoms with Crippen molar-refractivity contribution in [1.82, 2.24) is 20.1 Å². The van der Waals surface area contributed by atoms with E-state index in [0.717, 1.165) is 29.2 Å². The van der Waals surface area contributed by atoms with Gasteiger partial charge in [0, 0.05) is 23.8 Å². The Morgan fingerprint density at radius 2 is 2.14 bits per heavy atom. The van der Waals surface area contributed by atoms with Gasteiger partial charge in [-0.1, -0.05) is 6.92 Å². The molecule has 21 heavy (non-hydrogen) atoms. The third kappa shape index (κ3) is 2.83. The van der Waals surface area contributed by atoms with Gasteiger partial charge in [-0.3, -0.25) is 0 Å². The van der Waals surface area contributed by atoms with Crippen molar-refractivity contribution in [1.29, 1.82) is 0 Å². The van der Waals surface area contributed by atoms with Crippen molar-refractivity contribution in [3.63, 3.8) is 0 Å². The lowest BCUT2D eigenvalue weighted by Crippen LogP contribution is -2.18. The number of aromatic nitrogens is 3. The molecule has 0 saturated heterocycles. The maximum Gasteiger partial charge on any atom is 0.158 e. The maximum absolute atomic E-state index is 13.5. The molecule has 2 heterocycles. The molecule has 0 atom stereocenters. The molecular weight excluding hydrogens is 267 g/mol. The van der Waals surface area contributed by atoms with Crippen LogP contribution in [0.1, 0.15) is 42.3 Å². The van der Waals surface area contributed by atoms with Crippen LogP contribution < -0.4 is 5.32 Å². The molecule has 0 aliphatic heterocycles. The topological polar surface area (TPSA) is 42.7 Å². The fourth-order valence-electron chi connectivity index (χ4n) is 2.73. The molecule has 1 fully saturated rings. The quantitative estimate of drug-likeness (QED) is 0.920. The zero-order valence-corrected chi connectivity index (χ0v) is 12.8. The minimum absolute atomic E-state index is 0.302. The Morgan fingerprint density at radius 1 is 1.38 bits per heavy atom. The minimum atomic E-state index is -0.302. The molecule has 0 radical (unpaired) electrons. The average molecular weight is 288 g/mol. The smallest absolute Gasteiger partial charge is 0.158 e. The zero-order valence-electron chi connectivity index (χ0n) is 12.8. The molecule has 0 bridgehead atoms. The number of hydrogen-bond donors (Lipinski definition) is 1. The summed E-state index contributed by atoms with van der Waals surface area (Å²) in [5.41, 5.74) is 4.20.